The minimum Gasteiger partial charge on any atom is -0.494 e. The van der Waals surface area contributed by atoms with E-state index in [0.717, 1.165) is 30.1 Å². The predicted octanol–water partition coefficient (Wildman–Crippen LogP) is 5.61. The van der Waals surface area contributed by atoms with E-state index in [-0.39, 0.29) is 17.0 Å². The number of anilines is 2. The SMILES string of the molecule is CCOc1ccc(N2C(=O)c3ccc(C(=O)Nc4cccc(CN(CC)CC)c4)cc3C2=O)cc1.O=C(O)C(F)(F)F. The Hall–Kier alpha value is -4.71. The van der Waals surface area contributed by atoms with Crippen molar-refractivity contribution in [1.82, 2.24) is 4.90 Å². The molecular formula is C30H30F3N3O6. The topological polar surface area (TPSA) is 116 Å². The zero-order valence-corrected chi connectivity index (χ0v) is 23.2. The summed E-state index contributed by atoms with van der Waals surface area (Å²) in [6, 6.07) is 19.1. The predicted molar refractivity (Wildman–Crippen MR) is 150 cm³/mol. The van der Waals surface area contributed by atoms with Crippen molar-refractivity contribution in [3.05, 3.63) is 89.0 Å². The number of amides is 3. The van der Waals surface area contributed by atoms with Crippen molar-refractivity contribution < 1.29 is 42.2 Å². The lowest BCUT2D eigenvalue weighted by Gasteiger charge is -2.18. The molecule has 1 aliphatic rings. The molecule has 3 aromatic carbocycles. The lowest BCUT2D eigenvalue weighted by atomic mass is 10.1. The minimum absolute atomic E-state index is 0.215. The Morgan fingerprint density at radius 2 is 1.52 bits per heavy atom. The second-order valence-corrected chi connectivity index (χ2v) is 9.05. The molecule has 9 nitrogen and oxygen atoms in total. The molecule has 0 saturated carbocycles. The van der Waals surface area contributed by atoms with Gasteiger partial charge in [0.2, 0.25) is 0 Å². The number of imide groups is 1. The highest BCUT2D eigenvalue weighted by molar-refractivity contribution is 6.34. The smallest absolute Gasteiger partial charge is 0.490 e. The van der Waals surface area contributed by atoms with Gasteiger partial charge in [-0.1, -0.05) is 26.0 Å². The number of carboxylic acids is 1. The molecular weight excluding hydrogens is 555 g/mol. The molecule has 0 aromatic heterocycles. The molecule has 4 rings (SSSR count). The number of benzene rings is 3. The number of alkyl halides is 3. The zero-order chi connectivity index (χ0) is 31.0. The number of rotatable bonds is 9. The first-order chi connectivity index (χ1) is 19.9. The molecule has 0 bridgehead atoms. The van der Waals surface area contributed by atoms with Gasteiger partial charge in [0.15, 0.2) is 0 Å². The van der Waals surface area contributed by atoms with Crippen molar-refractivity contribution in [2.75, 3.05) is 29.9 Å². The Balaban J connectivity index is 0.000000616. The number of aliphatic carboxylic acids is 1. The Morgan fingerprint density at radius 3 is 2.10 bits per heavy atom. The van der Waals surface area contributed by atoms with Gasteiger partial charge < -0.3 is 15.2 Å². The van der Waals surface area contributed by atoms with E-state index in [1.165, 1.54) is 12.1 Å². The van der Waals surface area contributed by atoms with Crippen LogP contribution in [0.15, 0.2) is 66.7 Å². The van der Waals surface area contributed by atoms with Gasteiger partial charge in [0, 0.05) is 17.8 Å². The Kier molecular flexibility index (Phi) is 10.4. The van der Waals surface area contributed by atoms with E-state index in [1.807, 2.05) is 31.2 Å². The molecule has 3 aromatic rings. The maximum atomic E-state index is 13.1. The van der Waals surface area contributed by atoms with Crippen molar-refractivity contribution in [2.24, 2.45) is 0 Å². The number of carboxylic acid groups (broad SMARTS) is 1. The number of halogens is 3. The van der Waals surface area contributed by atoms with Gasteiger partial charge in [-0.2, -0.15) is 13.2 Å². The van der Waals surface area contributed by atoms with Gasteiger partial charge in [-0.05, 0) is 80.2 Å². The van der Waals surface area contributed by atoms with Crippen LogP contribution in [0.2, 0.25) is 0 Å². The van der Waals surface area contributed by atoms with E-state index >= 15 is 0 Å². The Morgan fingerprint density at radius 1 is 0.905 bits per heavy atom. The van der Waals surface area contributed by atoms with Crippen LogP contribution >= 0.6 is 0 Å². The maximum Gasteiger partial charge on any atom is 0.490 e. The van der Waals surface area contributed by atoms with Crippen molar-refractivity contribution in [3.63, 3.8) is 0 Å². The van der Waals surface area contributed by atoms with E-state index in [1.54, 1.807) is 30.3 Å². The molecule has 1 aliphatic heterocycles. The van der Waals surface area contributed by atoms with Gasteiger partial charge in [-0.15, -0.1) is 0 Å². The molecule has 0 atom stereocenters. The van der Waals surface area contributed by atoms with E-state index in [0.29, 0.717) is 29.3 Å². The van der Waals surface area contributed by atoms with E-state index in [4.69, 9.17) is 14.6 Å². The third kappa shape index (κ3) is 7.72. The molecule has 12 heteroatoms. The summed E-state index contributed by atoms with van der Waals surface area (Å²) in [6.45, 7) is 9.34. The summed E-state index contributed by atoms with van der Waals surface area (Å²) in [6.07, 6.45) is -5.08. The number of hydrogen-bond donors (Lipinski definition) is 2. The van der Waals surface area contributed by atoms with Crippen LogP contribution in [-0.2, 0) is 11.3 Å². The van der Waals surface area contributed by atoms with Gasteiger partial charge in [-0.3, -0.25) is 19.3 Å². The highest BCUT2D eigenvalue weighted by atomic mass is 19.4. The van der Waals surface area contributed by atoms with Crippen LogP contribution in [0, 0.1) is 0 Å². The van der Waals surface area contributed by atoms with Crippen molar-refractivity contribution in [1.29, 1.82) is 0 Å². The van der Waals surface area contributed by atoms with Crippen LogP contribution in [-0.4, -0.2) is 59.6 Å². The highest BCUT2D eigenvalue weighted by Crippen LogP contribution is 2.30. The number of nitrogens with zero attached hydrogens (tertiary/aromatic N) is 2. The molecule has 0 unspecified atom stereocenters. The van der Waals surface area contributed by atoms with Gasteiger partial charge in [0.25, 0.3) is 17.7 Å². The lowest BCUT2D eigenvalue weighted by molar-refractivity contribution is -0.192. The molecule has 1 heterocycles. The van der Waals surface area contributed by atoms with Crippen LogP contribution in [0.25, 0.3) is 0 Å². The standard InChI is InChI=1S/C28H29N3O4.C2HF3O2/c1-4-30(5-2)18-19-8-7-9-21(16-19)29-26(32)20-10-15-24-25(17-20)28(34)31(27(24)33)22-11-13-23(14-12-22)35-6-3;3-2(4,5)1(6)7/h7-17H,4-6,18H2,1-3H3,(H,29,32);(H,6,7). The number of carbonyl (C=O) groups is 4. The maximum absolute atomic E-state index is 13.1. The number of hydrogen-bond acceptors (Lipinski definition) is 6. The minimum atomic E-state index is -5.08. The fourth-order valence-corrected chi connectivity index (χ4v) is 4.13. The average molecular weight is 586 g/mol. The fourth-order valence-electron chi connectivity index (χ4n) is 4.13. The number of ether oxygens (including phenoxy) is 1. The molecule has 222 valence electrons. The summed E-state index contributed by atoms with van der Waals surface area (Å²) in [4.78, 5) is 51.3. The summed E-state index contributed by atoms with van der Waals surface area (Å²) in [5, 5.41) is 10.0. The molecule has 42 heavy (non-hydrogen) atoms. The average Bonchev–Trinajstić information content (AvgIpc) is 3.21. The summed E-state index contributed by atoms with van der Waals surface area (Å²) in [5.41, 5.74) is 3.04. The largest absolute Gasteiger partial charge is 0.494 e. The van der Waals surface area contributed by atoms with Crippen LogP contribution in [0.5, 0.6) is 5.75 Å². The molecule has 0 radical (unpaired) electrons. The van der Waals surface area contributed by atoms with Gasteiger partial charge in [0.05, 0.1) is 23.4 Å². The van der Waals surface area contributed by atoms with Crippen LogP contribution in [0.1, 0.15) is 57.4 Å². The highest BCUT2D eigenvalue weighted by Gasteiger charge is 2.38. The van der Waals surface area contributed by atoms with Crippen LogP contribution in [0.4, 0.5) is 24.5 Å². The van der Waals surface area contributed by atoms with Gasteiger partial charge in [0.1, 0.15) is 5.75 Å². The second-order valence-electron chi connectivity index (χ2n) is 9.05. The first-order valence-electron chi connectivity index (χ1n) is 13.1. The monoisotopic (exact) mass is 585 g/mol. The number of nitrogens with one attached hydrogen (secondary N) is 1. The summed E-state index contributed by atoms with van der Waals surface area (Å²) in [7, 11) is 0. The summed E-state index contributed by atoms with van der Waals surface area (Å²) >= 11 is 0. The third-order valence-electron chi connectivity index (χ3n) is 6.28. The third-order valence-corrected chi connectivity index (χ3v) is 6.28. The number of carbonyl (C=O) groups excluding carboxylic acids is 3. The van der Waals surface area contributed by atoms with Gasteiger partial charge >= 0.3 is 12.1 Å². The molecule has 0 fully saturated rings. The second kappa shape index (κ2) is 13.8. The number of fused-ring (bicyclic) bond motifs is 1. The van der Waals surface area contributed by atoms with Gasteiger partial charge in [-0.25, -0.2) is 9.69 Å². The molecule has 3 amide bonds. The van der Waals surface area contributed by atoms with E-state index < -0.39 is 24.0 Å². The molecule has 0 aliphatic carbocycles. The Labute approximate surface area is 240 Å². The van der Waals surface area contributed by atoms with E-state index in [9.17, 15) is 27.6 Å². The van der Waals surface area contributed by atoms with Crippen LogP contribution < -0.4 is 15.0 Å². The van der Waals surface area contributed by atoms with Crippen molar-refractivity contribution in [2.45, 2.75) is 33.5 Å². The molecule has 0 spiro atoms. The van der Waals surface area contributed by atoms with Crippen LogP contribution in [0.3, 0.4) is 0 Å². The summed E-state index contributed by atoms with van der Waals surface area (Å²) in [5.74, 6) is -3.30. The zero-order valence-electron chi connectivity index (χ0n) is 23.2. The Bertz CT molecular complexity index is 1450. The first kappa shape index (κ1) is 31.8. The summed E-state index contributed by atoms with van der Waals surface area (Å²) < 4.78 is 37.2. The normalized spacial score (nSPS) is 12.5. The van der Waals surface area contributed by atoms with E-state index in [2.05, 4.69) is 24.1 Å². The molecule has 0 saturated heterocycles. The first-order valence-corrected chi connectivity index (χ1v) is 13.1. The van der Waals surface area contributed by atoms with Crippen molar-refractivity contribution in [3.8, 4) is 5.75 Å². The molecule has 2 N–H and O–H groups in total. The lowest BCUT2D eigenvalue weighted by Crippen LogP contribution is -2.29. The fraction of sp³-hybridized carbons (Fsp3) is 0.267. The quantitative estimate of drug-likeness (QED) is 0.314. The van der Waals surface area contributed by atoms with Crippen molar-refractivity contribution >= 4 is 35.1 Å².